The van der Waals surface area contributed by atoms with Gasteiger partial charge in [0.2, 0.25) is 0 Å². The molecule has 0 atom stereocenters. The van der Waals surface area contributed by atoms with Crippen LogP contribution in [-0.2, 0) is 4.74 Å². The Morgan fingerprint density at radius 2 is 1.84 bits per heavy atom. The first-order valence-electron chi connectivity index (χ1n) is 9.17. The second kappa shape index (κ2) is 5.40. The molecule has 0 spiro atoms. The second-order valence-corrected chi connectivity index (χ2v) is 9.27. The van der Waals surface area contributed by atoms with Crippen molar-refractivity contribution >= 4 is 33.3 Å². The number of ether oxygens (including phenoxy) is 1. The zero-order chi connectivity index (χ0) is 17.2. The van der Waals surface area contributed by atoms with E-state index in [0.717, 1.165) is 39.4 Å². The van der Waals surface area contributed by atoms with Gasteiger partial charge >= 0.3 is 5.97 Å². The van der Waals surface area contributed by atoms with Crippen molar-refractivity contribution in [2.75, 3.05) is 12.4 Å². The molecule has 0 saturated heterocycles. The van der Waals surface area contributed by atoms with Crippen LogP contribution in [0.25, 0.3) is 10.2 Å². The maximum atomic E-state index is 12.0. The number of nitrogens with zero attached hydrogens (tertiary/aromatic N) is 2. The summed E-state index contributed by atoms with van der Waals surface area (Å²) in [5, 5.41) is 4.83. The molecular formula is C19H23N3O2S. The third-order valence-electron chi connectivity index (χ3n) is 6.52. The van der Waals surface area contributed by atoms with Gasteiger partial charge in [-0.2, -0.15) is 0 Å². The summed E-state index contributed by atoms with van der Waals surface area (Å²) < 4.78 is 4.92. The van der Waals surface area contributed by atoms with Gasteiger partial charge < -0.3 is 10.1 Å². The van der Waals surface area contributed by atoms with Gasteiger partial charge in [0.25, 0.3) is 0 Å². The second-order valence-electron chi connectivity index (χ2n) is 8.27. The van der Waals surface area contributed by atoms with E-state index in [1.165, 1.54) is 57.0 Å². The summed E-state index contributed by atoms with van der Waals surface area (Å²) in [7, 11) is 1.42. The molecule has 4 bridgehead atoms. The van der Waals surface area contributed by atoms with E-state index in [0.29, 0.717) is 4.88 Å². The van der Waals surface area contributed by atoms with Crippen molar-refractivity contribution in [3.05, 3.63) is 16.8 Å². The number of esters is 1. The molecule has 0 aliphatic heterocycles. The Labute approximate surface area is 151 Å². The number of methoxy groups -OCH3 is 1. The van der Waals surface area contributed by atoms with E-state index in [1.807, 2.05) is 6.92 Å². The third kappa shape index (κ3) is 2.37. The molecule has 6 heteroatoms. The number of aryl methyl sites for hydroxylation is 1. The molecule has 5 nitrogen and oxygen atoms in total. The number of fused-ring (bicyclic) bond motifs is 1. The first-order chi connectivity index (χ1) is 12.1. The fourth-order valence-corrected chi connectivity index (χ4v) is 7.04. The summed E-state index contributed by atoms with van der Waals surface area (Å²) in [6.45, 7) is 1.97. The largest absolute Gasteiger partial charge is 0.465 e. The molecule has 25 heavy (non-hydrogen) atoms. The van der Waals surface area contributed by atoms with Gasteiger partial charge in [-0.25, -0.2) is 14.8 Å². The summed E-state index contributed by atoms with van der Waals surface area (Å²) in [6.07, 6.45) is 9.66. The van der Waals surface area contributed by atoms with Crippen LogP contribution in [0.5, 0.6) is 0 Å². The molecule has 4 aliphatic rings. The fraction of sp³-hybridized carbons (Fsp3) is 0.632. The van der Waals surface area contributed by atoms with E-state index in [4.69, 9.17) is 4.74 Å². The van der Waals surface area contributed by atoms with Gasteiger partial charge in [-0.15, -0.1) is 11.3 Å². The molecule has 4 saturated carbocycles. The number of nitrogens with one attached hydrogen (secondary N) is 1. The van der Waals surface area contributed by atoms with Crippen LogP contribution < -0.4 is 5.32 Å². The summed E-state index contributed by atoms with van der Waals surface area (Å²) >= 11 is 1.40. The zero-order valence-electron chi connectivity index (χ0n) is 14.7. The van der Waals surface area contributed by atoms with Crippen molar-refractivity contribution in [3.8, 4) is 0 Å². The minimum Gasteiger partial charge on any atom is -0.465 e. The van der Waals surface area contributed by atoms with Crippen molar-refractivity contribution in [2.45, 2.75) is 51.0 Å². The highest BCUT2D eigenvalue weighted by Crippen LogP contribution is 2.56. The monoisotopic (exact) mass is 357 g/mol. The molecule has 2 heterocycles. The number of carbonyl (C=O) groups is 1. The molecule has 1 N–H and O–H groups in total. The van der Waals surface area contributed by atoms with Gasteiger partial charge in [0, 0.05) is 5.54 Å². The van der Waals surface area contributed by atoms with E-state index in [1.54, 1.807) is 6.33 Å². The highest BCUT2D eigenvalue weighted by atomic mass is 32.1. The van der Waals surface area contributed by atoms with Crippen LogP contribution in [0.15, 0.2) is 6.33 Å². The minimum atomic E-state index is -0.291. The molecule has 6 rings (SSSR count). The number of hydrogen-bond acceptors (Lipinski definition) is 6. The van der Waals surface area contributed by atoms with Gasteiger partial charge in [0.05, 0.1) is 12.5 Å². The Kier molecular flexibility index (Phi) is 3.36. The average Bonchev–Trinajstić information content (AvgIpc) is 2.90. The summed E-state index contributed by atoms with van der Waals surface area (Å²) in [4.78, 5) is 22.5. The fourth-order valence-electron chi connectivity index (χ4n) is 5.97. The van der Waals surface area contributed by atoms with Crippen molar-refractivity contribution < 1.29 is 9.53 Å². The lowest BCUT2D eigenvalue weighted by Crippen LogP contribution is -2.54. The first-order valence-corrected chi connectivity index (χ1v) is 9.99. The van der Waals surface area contributed by atoms with Crippen LogP contribution in [0.1, 0.15) is 53.8 Å². The molecule has 4 aliphatic carbocycles. The lowest BCUT2D eigenvalue weighted by Gasteiger charge is -2.57. The maximum Gasteiger partial charge on any atom is 0.348 e. The maximum absolute atomic E-state index is 12.0. The van der Waals surface area contributed by atoms with Crippen LogP contribution in [0.4, 0.5) is 5.82 Å². The van der Waals surface area contributed by atoms with Crippen molar-refractivity contribution in [2.24, 2.45) is 17.8 Å². The van der Waals surface area contributed by atoms with Crippen LogP contribution >= 0.6 is 11.3 Å². The molecule has 2 aromatic heterocycles. The van der Waals surface area contributed by atoms with Crippen molar-refractivity contribution in [1.29, 1.82) is 0 Å². The molecular weight excluding hydrogens is 334 g/mol. The lowest BCUT2D eigenvalue weighted by molar-refractivity contribution is 0.0106. The van der Waals surface area contributed by atoms with Gasteiger partial charge in [0.15, 0.2) is 0 Å². The van der Waals surface area contributed by atoms with E-state index in [9.17, 15) is 4.79 Å². The molecule has 2 aromatic rings. The molecule has 132 valence electrons. The van der Waals surface area contributed by atoms with E-state index in [-0.39, 0.29) is 11.5 Å². The number of carbonyl (C=O) groups excluding carboxylic acids is 1. The number of thiophene rings is 1. The molecule has 0 unspecified atom stereocenters. The Bertz CT molecular complexity index is 824. The first kappa shape index (κ1) is 15.6. The normalized spacial score (nSPS) is 33.0. The molecule has 4 fully saturated rings. The SMILES string of the molecule is COC(=O)c1sc2ncnc(NC34CC5CC(CC(C5)C3)C4)c2c1C. The Hall–Kier alpha value is -1.69. The predicted molar refractivity (Wildman–Crippen MR) is 98.0 cm³/mol. The summed E-state index contributed by atoms with van der Waals surface area (Å²) in [5.41, 5.74) is 1.12. The van der Waals surface area contributed by atoms with Crippen LogP contribution in [0.2, 0.25) is 0 Å². The summed E-state index contributed by atoms with van der Waals surface area (Å²) in [5.74, 6) is 3.25. The van der Waals surface area contributed by atoms with Gasteiger partial charge in [-0.05, 0) is 68.8 Å². The number of aromatic nitrogens is 2. The molecule has 0 amide bonds. The van der Waals surface area contributed by atoms with Gasteiger partial charge in [-0.3, -0.25) is 0 Å². The number of hydrogen-bond donors (Lipinski definition) is 1. The van der Waals surface area contributed by atoms with Crippen LogP contribution in [-0.4, -0.2) is 28.6 Å². The molecule has 0 aromatic carbocycles. The topological polar surface area (TPSA) is 64.1 Å². The van der Waals surface area contributed by atoms with Gasteiger partial charge in [0.1, 0.15) is 21.9 Å². The summed E-state index contributed by atoms with van der Waals surface area (Å²) in [6, 6.07) is 0. The smallest absolute Gasteiger partial charge is 0.348 e. The van der Waals surface area contributed by atoms with Crippen LogP contribution in [0, 0.1) is 24.7 Å². The minimum absolute atomic E-state index is 0.190. The zero-order valence-corrected chi connectivity index (χ0v) is 15.5. The third-order valence-corrected chi connectivity index (χ3v) is 7.70. The average molecular weight is 357 g/mol. The van der Waals surface area contributed by atoms with Gasteiger partial charge in [-0.1, -0.05) is 0 Å². The number of rotatable bonds is 3. The van der Waals surface area contributed by atoms with Crippen molar-refractivity contribution in [1.82, 2.24) is 9.97 Å². The number of anilines is 1. The van der Waals surface area contributed by atoms with Crippen LogP contribution in [0.3, 0.4) is 0 Å². The standard InChI is InChI=1S/C19H23N3O2S/c1-10-14-16(20-9-21-17(14)25-15(10)18(23)24-2)22-19-6-11-3-12(7-19)5-13(4-11)8-19/h9,11-13H,3-8H2,1-2H3,(H,20,21,22). The van der Waals surface area contributed by atoms with E-state index in [2.05, 4.69) is 15.3 Å². The van der Waals surface area contributed by atoms with E-state index < -0.39 is 0 Å². The lowest BCUT2D eigenvalue weighted by atomic mass is 9.53. The Morgan fingerprint density at radius 1 is 1.20 bits per heavy atom. The highest BCUT2D eigenvalue weighted by Gasteiger charge is 2.51. The van der Waals surface area contributed by atoms with Crippen molar-refractivity contribution in [3.63, 3.8) is 0 Å². The Balaban J connectivity index is 1.55. The molecule has 0 radical (unpaired) electrons. The van der Waals surface area contributed by atoms with E-state index >= 15 is 0 Å². The highest BCUT2D eigenvalue weighted by molar-refractivity contribution is 7.20. The predicted octanol–water partition coefficient (Wildman–Crippen LogP) is 4.17. The quantitative estimate of drug-likeness (QED) is 0.836. The Morgan fingerprint density at radius 3 is 2.44 bits per heavy atom.